The van der Waals surface area contributed by atoms with Crippen molar-refractivity contribution < 1.29 is 32.2 Å². The number of carbonyl (C=O) groups is 2. The van der Waals surface area contributed by atoms with E-state index in [9.17, 15) is 22.8 Å². The molecule has 0 saturated carbocycles. The summed E-state index contributed by atoms with van der Waals surface area (Å²) >= 11 is 6.08. The van der Waals surface area contributed by atoms with Gasteiger partial charge in [0.2, 0.25) is 5.91 Å². The highest BCUT2D eigenvalue weighted by Crippen LogP contribution is 2.33. The standard InChI is InChI=1S/C20H23ClF3N3O4/c21-14-5-13(6-15(7-14)31-11-20(22,23)24)12-1-3-26(8-12)19(29)27-4-2-17-16(9-27)25-18(28)10-30-17/h5-7,12,16-17H,1-4,8-11H2,(H,25,28)/t12?,16-,17+/m1/s1. The highest BCUT2D eigenvalue weighted by molar-refractivity contribution is 6.30. The predicted molar refractivity (Wildman–Crippen MR) is 105 cm³/mol. The van der Waals surface area contributed by atoms with E-state index in [2.05, 4.69) is 5.32 Å². The number of morpholine rings is 1. The third kappa shape index (κ3) is 5.35. The Kier molecular flexibility index (Phi) is 6.20. The second-order valence-electron chi connectivity index (χ2n) is 8.10. The Hall–Kier alpha value is -2.20. The van der Waals surface area contributed by atoms with Crippen molar-refractivity contribution in [3.05, 3.63) is 28.8 Å². The zero-order valence-electron chi connectivity index (χ0n) is 16.7. The van der Waals surface area contributed by atoms with Crippen molar-refractivity contribution in [3.63, 3.8) is 0 Å². The van der Waals surface area contributed by atoms with Crippen molar-refractivity contribution in [2.45, 2.75) is 37.1 Å². The molecule has 1 N–H and O–H groups in total. The van der Waals surface area contributed by atoms with Crippen molar-refractivity contribution in [1.29, 1.82) is 0 Å². The lowest BCUT2D eigenvalue weighted by Crippen LogP contribution is -2.62. The summed E-state index contributed by atoms with van der Waals surface area (Å²) in [6.07, 6.45) is -3.18. The van der Waals surface area contributed by atoms with E-state index in [4.69, 9.17) is 21.1 Å². The summed E-state index contributed by atoms with van der Waals surface area (Å²) in [7, 11) is 0. The molecule has 7 nitrogen and oxygen atoms in total. The Morgan fingerprint density at radius 3 is 2.71 bits per heavy atom. The first-order chi connectivity index (χ1) is 14.7. The molecule has 3 saturated heterocycles. The number of urea groups is 1. The topological polar surface area (TPSA) is 71.1 Å². The highest BCUT2D eigenvalue weighted by Gasteiger charge is 2.39. The number of alkyl halides is 3. The number of halogens is 4. The van der Waals surface area contributed by atoms with Crippen LogP contribution >= 0.6 is 11.6 Å². The van der Waals surface area contributed by atoms with Crippen molar-refractivity contribution in [3.8, 4) is 5.75 Å². The van der Waals surface area contributed by atoms with Gasteiger partial charge in [-0.2, -0.15) is 13.2 Å². The first kappa shape index (κ1) is 22.0. The molecule has 11 heteroatoms. The van der Waals surface area contributed by atoms with Crippen LogP contribution in [0.1, 0.15) is 24.3 Å². The fraction of sp³-hybridized carbons (Fsp3) is 0.600. The fourth-order valence-corrected chi connectivity index (χ4v) is 4.58. The molecule has 3 aliphatic rings. The maximum absolute atomic E-state index is 13.0. The Balaban J connectivity index is 1.37. The largest absolute Gasteiger partial charge is 0.484 e. The Bertz CT molecular complexity index is 853. The Labute approximate surface area is 182 Å². The number of fused-ring (bicyclic) bond motifs is 1. The molecule has 170 valence electrons. The number of rotatable bonds is 3. The molecule has 0 aliphatic carbocycles. The quantitative estimate of drug-likeness (QED) is 0.751. The van der Waals surface area contributed by atoms with Gasteiger partial charge >= 0.3 is 12.2 Å². The van der Waals surface area contributed by atoms with Crippen LogP contribution in [0.15, 0.2) is 18.2 Å². The molecule has 3 amide bonds. The van der Waals surface area contributed by atoms with Gasteiger partial charge in [-0.15, -0.1) is 0 Å². The maximum atomic E-state index is 13.0. The van der Waals surface area contributed by atoms with E-state index < -0.39 is 12.8 Å². The molecule has 0 aromatic heterocycles. The van der Waals surface area contributed by atoms with Crippen LogP contribution in [0.4, 0.5) is 18.0 Å². The number of piperidine rings is 1. The first-order valence-electron chi connectivity index (χ1n) is 10.1. The summed E-state index contributed by atoms with van der Waals surface area (Å²) in [6, 6.07) is 4.27. The molecule has 0 spiro atoms. The third-order valence-electron chi connectivity index (χ3n) is 5.82. The van der Waals surface area contributed by atoms with E-state index in [0.717, 1.165) is 5.56 Å². The van der Waals surface area contributed by atoms with Gasteiger partial charge in [-0.1, -0.05) is 11.6 Å². The van der Waals surface area contributed by atoms with Crippen LogP contribution in [0.25, 0.3) is 0 Å². The van der Waals surface area contributed by atoms with Gasteiger partial charge < -0.3 is 24.6 Å². The zero-order chi connectivity index (χ0) is 22.2. The van der Waals surface area contributed by atoms with Crippen LogP contribution in [0.5, 0.6) is 5.75 Å². The second-order valence-corrected chi connectivity index (χ2v) is 8.53. The molecule has 3 atom stereocenters. The zero-order valence-corrected chi connectivity index (χ0v) is 17.4. The SMILES string of the molecule is O=C1CO[C@H]2CCN(C(=O)N3CCC(c4cc(Cl)cc(OCC(F)(F)F)c4)C3)C[C@H]2N1. The van der Waals surface area contributed by atoms with Gasteiger partial charge in [0.15, 0.2) is 6.61 Å². The minimum Gasteiger partial charge on any atom is -0.484 e. The number of hydrogen-bond donors (Lipinski definition) is 1. The van der Waals surface area contributed by atoms with Gasteiger partial charge in [0.05, 0.1) is 12.1 Å². The molecule has 0 radical (unpaired) electrons. The van der Waals surface area contributed by atoms with Gasteiger partial charge in [-0.25, -0.2) is 4.79 Å². The van der Waals surface area contributed by atoms with E-state index in [-0.39, 0.29) is 47.4 Å². The van der Waals surface area contributed by atoms with Crippen molar-refractivity contribution in [1.82, 2.24) is 15.1 Å². The van der Waals surface area contributed by atoms with Gasteiger partial charge in [0, 0.05) is 37.1 Å². The number of nitrogens with zero attached hydrogens (tertiary/aromatic N) is 2. The maximum Gasteiger partial charge on any atom is 0.422 e. The van der Waals surface area contributed by atoms with Crippen molar-refractivity contribution in [2.24, 2.45) is 0 Å². The molecule has 1 aromatic carbocycles. The monoisotopic (exact) mass is 461 g/mol. The van der Waals surface area contributed by atoms with E-state index in [1.807, 2.05) is 0 Å². The van der Waals surface area contributed by atoms with Crippen LogP contribution in [-0.2, 0) is 9.53 Å². The molecule has 4 rings (SSSR count). The van der Waals surface area contributed by atoms with Crippen molar-refractivity contribution in [2.75, 3.05) is 39.4 Å². The first-order valence-corrected chi connectivity index (χ1v) is 10.5. The van der Waals surface area contributed by atoms with Crippen LogP contribution < -0.4 is 10.1 Å². The fourth-order valence-electron chi connectivity index (χ4n) is 4.35. The van der Waals surface area contributed by atoms with Crippen molar-refractivity contribution >= 4 is 23.5 Å². The number of carbonyl (C=O) groups excluding carboxylic acids is 2. The highest BCUT2D eigenvalue weighted by atomic mass is 35.5. The predicted octanol–water partition coefficient (Wildman–Crippen LogP) is 2.78. The van der Waals surface area contributed by atoms with Crippen LogP contribution in [0.2, 0.25) is 5.02 Å². The smallest absolute Gasteiger partial charge is 0.422 e. The van der Waals surface area contributed by atoms with Gasteiger partial charge in [-0.3, -0.25) is 4.79 Å². The summed E-state index contributed by atoms with van der Waals surface area (Å²) < 4.78 is 47.7. The number of likely N-dealkylation sites (tertiary alicyclic amines) is 2. The lowest BCUT2D eigenvalue weighted by molar-refractivity contribution is -0.153. The number of benzene rings is 1. The number of amides is 3. The minimum atomic E-state index is -4.44. The number of ether oxygens (including phenoxy) is 2. The summed E-state index contributed by atoms with van der Waals surface area (Å²) in [5.41, 5.74) is 0.742. The molecular formula is C20H23ClF3N3O4. The number of hydrogen-bond acceptors (Lipinski definition) is 4. The molecular weight excluding hydrogens is 439 g/mol. The van der Waals surface area contributed by atoms with Gasteiger partial charge in [0.1, 0.15) is 12.4 Å². The summed E-state index contributed by atoms with van der Waals surface area (Å²) in [4.78, 5) is 28.0. The van der Waals surface area contributed by atoms with Gasteiger partial charge in [-0.05, 0) is 36.6 Å². The molecule has 1 aromatic rings. The average molecular weight is 462 g/mol. The molecule has 3 fully saturated rings. The lowest BCUT2D eigenvalue weighted by Gasteiger charge is -2.42. The molecule has 1 unspecified atom stereocenters. The average Bonchev–Trinajstić information content (AvgIpc) is 3.20. The summed E-state index contributed by atoms with van der Waals surface area (Å²) in [5, 5.41) is 3.16. The molecule has 3 aliphatic heterocycles. The molecule has 3 heterocycles. The van der Waals surface area contributed by atoms with E-state index in [1.165, 1.54) is 6.07 Å². The van der Waals surface area contributed by atoms with E-state index in [0.29, 0.717) is 39.0 Å². The number of nitrogens with one attached hydrogen (secondary N) is 1. The van der Waals surface area contributed by atoms with E-state index >= 15 is 0 Å². The Morgan fingerprint density at radius 1 is 1.19 bits per heavy atom. The van der Waals surface area contributed by atoms with E-state index in [1.54, 1.807) is 21.9 Å². The molecule has 31 heavy (non-hydrogen) atoms. The minimum absolute atomic E-state index is 0.0499. The molecule has 0 bridgehead atoms. The second kappa shape index (κ2) is 8.74. The lowest BCUT2D eigenvalue weighted by atomic mass is 9.98. The van der Waals surface area contributed by atoms with Gasteiger partial charge in [0.25, 0.3) is 0 Å². The Morgan fingerprint density at radius 2 is 1.94 bits per heavy atom. The summed E-state index contributed by atoms with van der Waals surface area (Å²) in [5.74, 6) is -0.174. The van der Waals surface area contributed by atoms with Crippen LogP contribution in [-0.4, -0.2) is 79.5 Å². The third-order valence-corrected chi connectivity index (χ3v) is 6.04. The summed E-state index contributed by atoms with van der Waals surface area (Å²) in [6.45, 7) is 0.566. The normalized spacial score (nSPS) is 26.5. The van der Waals surface area contributed by atoms with Crippen LogP contribution in [0, 0.1) is 0 Å². The van der Waals surface area contributed by atoms with Crippen LogP contribution in [0.3, 0.4) is 0 Å².